The third-order valence-corrected chi connectivity index (χ3v) is 9.27. The number of nitrogens with two attached hydrogens (primary N) is 3. The number of hydrogen-bond donors (Lipinski definition) is 3. The molecule has 2 fully saturated rings. The number of amides is 1. The molecule has 0 aromatic heterocycles. The zero-order chi connectivity index (χ0) is 37.1. The van der Waals surface area contributed by atoms with Crippen molar-refractivity contribution in [2.75, 3.05) is 33.8 Å². The van der Waals surface area contributed by atoms with Crippen LogP contribution in [0.25, 0.3) is 11.1 Å². The highest BCUT2D eigenvalue weighted by Crippen LogP contribution is 2.48. The van der Waals surface area contributed by atoms with E-state index in [1.165, 1.54) is 64.7 Å². The minimum atomic E-state index is -0.638. The molecule has 0 radical (unpaired) electrons. The largest absolute Gasteiger partial charge is 0.494 e. The van der Waals surface area contributed by atoms with Crippen molar-refractivity contribution in [2.24, 2.45) is 29.0 Å². The quantitative estimate of drug-likeness (QED) is 0.184. The summed E-state index contributed by atoms with van der Waals surface area (Å²) in [5.74, 6) is 2.19. The molecule has 8 nitrogen and oxygen atoms in total. The van der Waals surface area contributed by atoms with E-state index in [4.69, 9.17) is 31.6 Å². The Morgan fingerprint density at radius 1 is 1.04 bits per heavy atom. The van der Waals surface area contributed by atoms with Crippen LogP contribution in [0.3, 0.4) is 0 Å². The summed E-state index contributed by atoms with van der Waals surface area (Å²) in [6, 6.07) is 14.2. The summed E-state index contributed by atoms with van der Waals surface area (Å²) >= 11 is 6.31. The van der Waals surface area contributed by atoms with Crippen LogP contribution in [0, 0.1) is 30.4 Å². The number of carbonyl (C=O) groups excluding carboxylic acids is 2. The monoisotopic (exact) mass is 714 g/mol. The highest BCUT2D eigenvalue weighted by molar-refractivity contribution is 6.34. The Morgan fingerprint density at radius 2 is 1.70 bits per heavy atom. The number of likely N-dealkylation sites (tertiary alicyclic amines) is 1. The summed E-state index contributed by atoms with van der Waals surface area (Å²) in [5, 5.41) is -0.110. The van der Waals surface area contributed by atoms with Gasteiger partial charge in [0.1, 0.15) is 23.6 Å². The second-order valence-corrected chi connectivity index (χ2v) is 12.8. The Morgan fingerprint density at radius 3 is 2.24 bits per heavy atom. The van der Waals surface area contributed by atoms with Crippen LogP contribution in [0.2, 0.25) is 5.02 Å². The van der Waals surface area contributed by atoms with Crippen molar-refractivity contribution >= 4 is 24.0 Å². The number of nitrogens with zero attached hydrogens (tertiary/aromatic N) is 1. The Labute approximate surface area is 300 Å². The van der Waals surface area contributed by atoms with Gasteiger partial charge in [0.25, 0.3) is 0 Å². The van der Waals surface area contributed by atoms with Gasteiger partial charge >= 0.3 is 0 Å². The summed E-state index contributed by atoms with van der Waals surface area (Å²) in [7, 11) is 2.89. The topological polar surface area (TPSA) is 134 Å². The molecule has 274 valence electrons. The fraction of sp³-hybridized carbons (Fsp3) is 0.462. The van der Waals surface area contributed by atoms with Gasteiger partial charge in [-0.2, -0.15) is 0 Å². The molecule has 3 aromatic rings. The first-order valence-electron chi connectivity index (χ1n) is 17.1. The number of hydrogen-bond acceptors (Lipinski definition) is 7. The molecular weight excluding hydrogens is 662 g/mol. The van der Waals surface area contributed by atoms with Gasteiger partial charge < -0.3 is 31.6 Å². The van der Waals surface area contributed by atoms with E-state index in [-0.39, 0.29) is 22.4 Å². The molecule has 1 saturated heterocycles. The van der Waals surface area contributed by atoms with Crippen LogP contribution in [0.5, 0.6) is 11.5 Å². The molecule has 3 aliphatic rings. The number of fused-ring (bicyclic) bond motifs is 1. The van der Waals surface area contributed by atoms with Crippen molar-refractivity contribution in [3.05, 3.63) is 88.1 Å². The van der Waals surface area contributed by atoms with E-state index in [0.717, 1.165) is 43.6 Å². The summed E-state index contributed by atoms with van der Waals surface area (Å²) in [6.45, 7) is 6.61. The molecule has 2 aliphatic heterocycles. The second-order valence-electron chi connectivity index (χ2n) is 12.4. The van der Waals surface area contributed by atoms with Crippen molar-refractivity contribution < 1.29 is 27.8 Å². The Kier molecular flexibility index (Phi) is 19.2. The van der Waals surface area contributed by atoms with Gasteiger partial charge in [-0.25, -0.2) is 13.6 Å². The lowest BCUT2D eigenvalue weighted by atomic mass is 9.91. The Hall–Kier alpha value is -3.95. The summed E-state index contributed by atoms with van der Waals surface area (Å²) in [5.41, 5.74) is 17.3. The van der Waals surface area contributed by atoms with Crippen LogP contribution in [0.1, 0.15) is 74.7 Å². The number of carbonyl (C=O) groups is 1. The van der Waals surface area contributed by atoms with Crippen LogP contribution in [-0.4, -0.2) is 51.0 Å². The van der Waals surface area contributed by atoms with E-state index in [1.54, 1.807) is 24.0 Å². The van der Waals surface area contributed by atoms with Gasteiger partial charge in [0.05, 0.1) is 18.3 Å². The lowest BCUT2D eigenvalue weighted by molar-refractivity contribution is -0.119. The average molecular weight is 715 g/mol. The van der Waals surface area contributed by atoms with Crippen LogP contribution in [-0.2, 0) is 16.0 Å². The molecule has 0 bridgehead atoms. The van der Waals surface area contributed by atoms with Gasteiger partial charge in [-0.15, -0.1) is 0 Å². The highest BCUT2D eigenvalue weighted by atomic mass is 35.5. The Balaban J connectivity index is 0.000000307. The van der Waals surface area contributed by atoms with E-state index in [9.17, 15) is 9.18 Å². The van der Waals surface area contributed by atoms with E-state index in [1.807, 2.05) is 30.3 Å². The predicted molar refractivity (Wildman–Crippen MR) is 198 cm³/mol. The SMILES string of the molecule is CC1CCCCC1.CN.COc1ccc(C)c(-c2c(Cl)c(F)cc3c2CC(c2ccccc2)O3)c1F.NC=C=O.NC[C@H]1CCCN(C=O)C1. The third-order valence-electron chi connectivity index (χ3n) is 8.90. The molecule has 50 heavy (non-hydrogen) atoms. The maximum Gasteiger partial charge on any atom is 0.209 e. The van der Waals surface area contributed by atoms with Gasteiger partial charge in [0.15, 0.2) is 11.6 Å². The lowest BCUT2D eigenvalue weighted by Gasteiger charge is -2.28. The van der Waals surface area contributed by atoms with Gasteiger partial charge in [-0.3, -0.25) is 4.79 Å². The molecule has 11 heteroatoms. The molecular formula is C39H53ClF2N4O4. The number of halogens is 3. The van der Waals surface area contributed by atoms with Crippen molar-refractivity contribution in [1.82, 2.24) is 4.90 Å². The number of benzene rings is 3. The van der Waals surface area contributed by atoms with Gasteiger partial charge in [-0.05, 0) is 62.4 Å². The summed E-state index contributed by atoms with van der Waals surface area (Å²) in [4.78, 5) is 21.0. The molecule has 1 unspecified atom stereocenters. The first kappa shape index (κ1) is 42.2. The minimum Gasteiger partial charge on any atom is -0.494 e. The van der Waals surface area contributed by atoms with Crippen molar-refractivity contribution in [2.45, 2.75) is 71.3 Å². The van der Waals surface area contributed by atoms with E-state index in [2.05, 4.69) is 18.4 Å². The summed E-state index contributed by atoms with van der Waals surface area (Å²) in [6.07, 6.45) is 11.7. The van der Waals surface area contributed by atoms with E-state index >= 15 is 4.39 Å². The van der Waals surface area contributed by atoms with Crippen molar-refractivity contribution in [3.8, 4) is 22.6 Å². The molecule has 3 aromatic carbocycles. The van der Waals surface area contributed by atoms with Gasteiger partial charge in [0, 0.05) is 42.3 Å². The molecule has 6 N–H and O–H groups in total. The van der Waals surface area contributed by atoms with E-state index in [0.29, 0.717) is 41.3 Å². The summed E-state index contributed by atoms with van der Waals surface area (Å²) < 4.78 is 40.7. The van der Waals surface area contributed by atoms with Crippen LogP contribution >= 0.6 is 11.6 Å². The first-order chi connectivity index (χ1) is 24.2. The molecule has 6 rings (SSSR count). The van der Waals surface area contributed by atoms with Crippen molar-refractivity contribution in [1.29, 1.82) is 0 Å². The molecule has 1 aliphatic carbocycles. The molecule has 0 spiro atoms. The molecule has 2 atom stereocenters. The molecule has 2 heterocycles. The Bertz CT molecular complexity index is 1520. The zero-order valence-corrected chi connectivity index (χ0v) is 30.5. The molecule has 1 saturated carbocycles. The number of methoxy groups -OCH3 is 1. The fourth-order valence-electron chi connectivity index (χ4n) is 6.25. The van der Waals surface area contributed by atoms with Crippen molar-refractivity contribution in [3.63, 3.8) is 0 Å². The lowest BCUT2D eigenvalue weighted by Crippen LogP contribution is -2.37. The molecule has 1 amide bonds. The minimum absolute atomic E-state index is 0.0863. The van der Waals surface area contributed by atoms with Crippen LogP contribution < -0.4 is 26.7 Å². The maximum atomic E-state index is 15.1. The predicted octanol–water partition coefficient (Wildman–Crippen LogP) is 7.54. The standard InChI is InChI=1S/C22H17ClF2O2.C7H14N2O.C7H14.C2H3NO.CH5N/c1-12-8-9-16(26-2)22(25)19(12)20-14-10-17(13-6-4-3-5-7-13)27-18(14)11-15(24)21(20)23;8-4-7-2-1-3-9(5-7)6-10;1-7-5-3-2-4-6-7;3-1-2-4;1-2/h3-9,11,17H,10H2,1-2H3;6-7H,1-5,8H2;7H,2-6H2,1H3;1H,3H2;2H2,1H3/t;7-;;;/m.1.../s1. The number of piperidine rings is 1. The average Bonchev–Trinajstić information content (AvgIpc) is 3.59. The van der Waals surface area contributed by atoms with E-state index < -0.39 is 11.6 Å². The van der Waals surface area contributed by atoms with Gasteiger partial charge in [-0.1, -0.05) is 87.0 Å². The normalized spacial score (nSPS) is 17.6. The third kappa shape index (κ3) is 12.1. The zero-order valence-electron chi connectivity index (χ0n) is 29.7. The highest BCUT2D eigenvalue weighted by Gasteiger charge is 2.32. The van der Waals surface area contributed by atoms with Gasteiger partial charge in [0.2, 0.25) is 6.41 Å². The number of ether oxygens (including phenoxy) is 2. The smallest absolute Gasteiger partial charge is 0.209 e. The number of aryl methyl sites for hydroxylation is 1. The fourth-order valence-corrected chi connectivity index (χ4v) is 6.52. The van der Waals surface area contributed by atoms with Crippen LogP contribution in [0.15, 0.2) is 54.7 Å². The van der Waals surface area contributed by atoms with Crippen LogP contribution in [0.4, 0.5) is 8.78 Å². The first-order valence-corrected chi connectivity index (χ1v) is 17.5. The maximum absolute atomic E-state index is 15.1. The number of rotatable bonds is 5. The second kappa shape index (κ2) is 22.7.